The second-order valence-electron chi connectivity index (χ2n) is 3.15. The molecule has 0 spiro atoms. The molecule has 0 fully saturated rings. The zero-order valence-corrected chi connectivity index (χ0v) is 9.20. The Morgan fingerprint density at radius 1 is 1.31 bits per heavy atom. The number of aliphatic hydroxyl groups is 1. The topological polar surface area (TPSA) is 66.0 Å². The largest absolute Gasteiger partial charge is 0.392 e. The summed E-state index contributed by atoms with van der Waals surface area (Å²) in [6, 6.07) is 8.91. The van der Waals surface area contributed by atoms with Gasteiger partial charge in [-0.1, -0.05) is 23.9 Å². The Labute approximate surface area is 96.4 Å². The lowest BCUT2D eigenvalue weighted by molar-refractivity contribution is 0.282. The summed E-state index contributed by atoms with van der Waals surface area (Å²) in [7, 11) is 0. The van der Waals surface area contributed by atoms with Crippen LogP contribution < -0.4 is 5.56 Å². The smallest absolute Gasteiger partial charge is 0.251 e. The quantitative estimate of drug-likeness (QED) is 0.788. The molecule has 0 unspecified atom stereocenters. The fraction of sp³-hybridized carbons (Fsp3) is 0.0909. The van der Waals surface area contributed by atoms with Crippen LogP contribution in [0.5, 0.6) is 0 Å². The standard InChI is InChI=1S/C11H10N2O2S/c14-6-8-1-3-9(4-2-8)16-11-5-10(15)12-7-13-11/h1-5,7,14H,6H2,(H,12,13,15). The Hall–Kier alpha value is -1.59. The number of hydrogen-bond acceptors (Lipinski definition) is 4. The van der Waals surface area contributed by atoms with Crippen LogP contribution in [0.4, 0.5) is 0 Å². The first-order valence-electron chi connectivity index (χ1n) is 4.70. The average molecular weight is 234 g/mol. The van der Waals surface area contributed by atoms with Gasteiger partial charge in [0.05, 0.1) is 12.9 Å². The van der Waals surface area contributed by atoms with Gasteiger partial charge in [0.15, 0.2) is 0 Å². The summed E-state index contributed by atoms with van der Waals surface area (Å²) in [6.45, 7) is 0.0359. The van der Waals surface area contributed by atoms with Crippen molar-refractivity contribution in [2.45, 2.75) is 16.5 Å². The number of aliphatic hydroxyl groups excluding tert-OH is 1. The van der Waals surface area contributed by atoms with Gasteiger partial charge < -0.3 is 10.1 Å². The molecule has 0 amide bonds. The normalized spacial score (nSPS) is 10.3. The van der Waals surface area contributed by atoms with E-state index in [4.69, 9.17) is 5.11 Å². The summed E-state index contributed by atoms with van der Waals surface area (Å²) in [4.78, 5) is 18.5. The van der Waals surface area contributed by atoms with E-state index in [1.165, 1.54) is 24.2 Å². The van der Waals surface area contributed by atoms with Gasteiger partial charge in [0.25, 0.3) is 5.56 Å². The first-order chi connectivity index (χ1) is 7.78. The van der Waals surface area contributed by atoms with E-state index >= 15 is 0 Å². The fourth-order valence-corrected chi connectivity index (χ4v) is 1.98. The summed E-state index contributed by atoms with van der Waals surface area (Å²) >= 11 is 1.41. The summed E-state index contributed by atoms with van der Waals surface area (Å²) in [5.74, 6) is 0. The van der Waals surface area contributed by atoms with E-state index in [0.29, 0.717) is 5.03 Å². The van der Waals surface area contributed by atoms with Gasteiger partial charge in [-0.05, 0) is 17.7 Å². The molecule has 2 rings (SSSR count). The van der Waals surface area contributed by atoms with Crippen molar-refractivity contribution < 1.29 is 5.11 Å². The summed E-state index contributed by atoms with van der Waals surface area (Å²) in [5, 5.41) is 9.54. The van der Waals surface area contributed by atoms with E-state index in [1.807, 2.05) is 24.3 Å². The van der Waals surface area contributed by atoms with Crippen molar-refractivity contribution in [3.05, 3.63) is 52.6 Å². The average Bonchev–Trinajstić information content (AvgIpc) is 2.30. The molecule has 0 saturated heterocycles. The number of nitrogens with one attached hydrogen (secondary N) is 1. The maximum atomic E-state index is 11.0. The second-order valence-corrected chi connectivity index (χ2v) is 4.25. The van der Waals surface area contributed by atoms with Crippen LogP contribution in [0.2, 0.25) is 0 Å². The molecule has 16 heavy (non-hydrogen) atoms. The highest BCUT2D eigenvalue weighted by Crippen LogP contribution is 2.24. The van der Waals surface area contributed by atoms with Crippen LogP contribution in [0.25, 0.3) is 0 Å². The predicted octanol–water partition coefficient (Wildman–Crippen LogP) is 1.41. The minimum absolute atomic E-state index is 0.0359. The van der Waals surface area contributed by atoms with Crippen LogP contribution in [0.1, 0.15) is 5.56 Å². The van der Waals surface area contributed by atoms with E-state index in [2.05, 4.69) is 9.97 Å². The molecule has 0 atom stereocenters. The molecule has 4 nitrogen and oxygen atoms in total. The van der Waals surface area contributed by atoms with E-state index < -0.39 is 0 Å². The molecule has 2 aromatic rings. The summed E-state index contributed by atoms with van der Waals surface area (Å²) < 4.78 is 0. The minimum Gasteiger partial charge on any atom is -0.392 e. The molecule has 0 aliphatic carbocycles. The van der Waals surface area contributed by atoms with Crippen molar-refractivity contribution in [1.82, 2.24) is 9.97 Å². The molecular weight excluding hydrogens is 224 g/mol. The molecule has 1 aromatic heterocycles. The summed E-state index contributed by atoms with van der Waals surface area (Å²) in [6.07, 6.45) is 1.38. The van der Waals surface area contributed by atoms with Gasteiger partial charge in [-0.2, -0.15) is 0 Å². The van der Waals surface area contributed by atoms with E-state index in [-0.39, 0.29) is 12.2 Å². The second kappa shape index (κ2) is 4.96. The van der Waals surface area contributed by atoms with Gasteiger partial charge in [-0.15, -0.1) is 0 Å². The Kier molecular flexibility index (Phi) is 3.38. The van der Waals surface area contributed by atoms with Crippen molar-refractivity contribution in [3.63, 3.8) is 0 Å². The van der Waals surface area contributed by atoms with Gasteiger partial charge in [-0.3, -0.25) is 4.79 Å². The number of aromatic amines is 1. The minimum atomic E-state index is -0.163. The van der Waals surface area contributed by atoms with Crippen molar-refractivity contribution in [1.29, 1.82) is 0 Å². The van der Waals surface area contributed by atoms with Crippen LogP contribution in [0.15, 0.2) is 51.4 Å². The lowest BCUT2D eigenvalue weighted by Gasteiger charge is -2.01. The molecule has 0 aliphatic rings. The van der Waals surface area contributed by atoms with Crippen LogP contribution in [-0.2, 0) is 6.61 Å². The van der Waals surface area contributed by atoms with Gasteiger partial charge in [-0.25, -0.2) is 4.98 Å². The molecule has 1 aromatic carbocycles. The number of hydrogen-bond donors (Lipinski definition) is 2. The van der Waals surface area contributed by atoms with Gasteiger partial charge in [0.2, 0.25) is 0 Å². The molecule has 0 saturated carbocycles. The monoisotopic (exact) mass is 234 g/mol. The number of nitrogens with zero attached hydrogens (tertiary/aromatic N) is 1. The van der Waals surface area contributed by atoms with Crippen LogP contribution >= 0.6 is 11.8 Å². The van der Waals surface area contributed by atoms with Gasteiger partial charge >= 0.3 is 0 Å². The van der Waals surface area contributed by atoms with Crippen molar-refractivity contribution >= 4 is 11.8 Å². The molecular formula is C11H10N2O2S. The predicted molar refractivity (Wildman–Crippen MR) is 61.3 cm³/mol. The lowest BCUT2D eigenvalue weighted by Crippen LogP contribution is -2.03. The molecule has 0 bridgehead atoms. The number of aromatic nitrogens is 2. The number of rotatable bonds is 3. The van der Waals surface area contributed by atoms with Crippen molar-refractivity contribution in [3.8, 4) is 0 Å². The Morgan fingerprint density at radius 2 is 2.06 bits per heavy atom. The zero-order chi connectivity index (χ0) is 11.4. The number of benzene rings is 1. The highest BCUT2D eigenvalue weighted by Gasteiger charge is 1.99. The highest BCUT2D eigenvalue weighted by molar-refractivity contribution is 7.99. The maximum Gasteiger partial charge on any atom is 0.251 e. The van der Waals surface area contributed by atoms with Gasteiger partial charge in [0.1, 0.15) is 5.03 Å². The van der Waals surface area contributed by atoms with Crippen molar-refractivity contribution in [2.24, 2.45) is 0 Å². The molecule has 0 aliphatic heterocycles. The number of H-pyrrole nitrogens is 1. The Balaban J connectivity index is 2.17. The molecule has 0 radical (unpaired) electrons. The van der Waals surface area contributed by atoms with Crippen LogP contribution in [0, 0.1) is 0 Å². The highest BCUT2D eigenvalue weighted by atomic mass is 32.2. The van der Waals surface area contributed by atoms with Crippen molar-refractivity contribution in [2.75, 3.05) is 0 Å². The van der Waals surface area contributed by atoms with E-state index in [0.717, 1.165) is 10.5 Å². The molecule has 1 heterocycles. The zero-order valence-electron chi connectivity index (χ0n) is 8.38. The Morgan fingerprint density at radius 3 is 2.69 bits per heavy atom. The van der Waals surface area contributed by atoms with Crippen LogP contribution in [0.3, 0.4) is 0 Å². The third-order valence-electron chi connectivity index (χ3n) is 1.98. The maximum absolute atomic E-state index is 11.0. The Bertz CT molecular complexity index is 522. The third-order valence-corrected chi connectivity index (χ3v) is 2.92. The molecule has 82 valence electrons. The first-order valence-corrected chi connectivity index (χ1v) is 5.52. The third kappa shape index (κ3) is 2.71. The first kappa shape index (κ1) is 10.9. The van der Waals surface area contributed by atoms with E-state index in [9.17, 15) is 4.79 Å². The van der Waals surface area contributed by atoms with E-state index in [1.54, 1.807) is 0 Å². The lowest BCUT2D eigenvalue weighted by atomic mass is 10.2. The summed E-state index contributed by atoms with van der Waals surface area (Å²) in [5.41, 5.74) is 0.702. The van der Waals surface area contributed by atoms with Gasteiger partial charge in [0, 0.05) is 11.0 Å². The van der Waals surface area contributed by atoms with Crippen LogP contribution in [-0.4, -0.2) is 15.1 Å². The SMILES string of the molecule is O=c1cc(Sc2ccc(CO)cc2)nc[nH]1. The molecule has 2 N–H and O–H groups in total. The molecule has 5 heteroatoms. The fourth-order valence-electron chi connectivity index (χ4n) is 1.19.